The molecule has 3 N–H and O–H groups in total. The first-order chi connectivity index (χ1) is 14.2. The summed E-state index contributed by atoms with van der Waals surface area (Å²) in [7, 11) is 0. The van der Waals surface area contributed by atoms with E-state index in [0.717, 1.165) is 18.7 Å². The summed E-state index contributed by atoms with van der Waals surface area (Å²) in [6, 6.07) is 3.51. The van der Waals surface area contributed by atoms with Crippen molar-refractivity contribution >= 4 is 34.0 Å². The van der Waals surface area contributed by atoms with Crippen LogP contribution in [0.2, 0.25) is 0 Å². The Balaban J connectivity index is 1.61. The lowest BCUT2D eigenvalue weighted by atomic mass is 10.2. The minimum Gasteiger partial charge on any atom is -0.366 e. The average Bonchev–Trinajstić information content (AvgIpc) is 3.02. The number of nitrogens with two attached hydrogens (primary N) is 1. The van der Waals surface area contributed by atoms with Crippen molar-refractivity contribution in [1.29, 1.82) is 0 Å². The monoisotopic (exact) mass is 441 g/mol. The predicted molar refractivity (Wildman–Crippen MR) is 109 cm³/mol. The third kappa shape index (κ3) is 5.08. The second kappa shape index (κ2) is 9.00. The van der Waals surface area contributed by atoms with E-state index in [1.807, 2.05) is 9.80 Å². The highest BCUT2D eigenvalue weighted by Crippen LogP contribution is 2.29. The van der Waals surface area contributed by atoms with Crippen LogP contribution in [-0.2, 0) is 11.0 Å². The van der Waals surface area contributed by atoms with Gasteiger partial charge in [-0.2, -0.15) is 13.2 Å². The standard InChI is InChI=1S/C19H22F3N5O2S/c1-12(17(29)25-18-14(16(23)28)5-10-30-18)26-6-2-7-27(9-8-26)15-4-3-13(11-24-15)19(20,21)22/h3-5,10-12H,2,6-9H2,1H3,(H2,23,28)(H,25,29). The molecule has 30 heavy (non-hydrogen) atoms. The Kier molecular flexibility index (Phi) is 6.61. The summed E-state index contributed by atoms with van der Waals surface area (Å²) < 4.78 is 38.2. The highest BCUT2D eigenvalue weighted by atomic mass is 32.1. The smallest absolute Gasteiger partial charge is 0.366 e. The molecule has 0 radical (unpaired) electrons. The topological polar surface area (TPSA) is 91.6 Å². The molecule has 1 aliphatic heterocycles. The second-order valence-corrected chi connectivity index (χ2v) is 7.89. The second-order valence-electron chi connectivity index (χ2n) is 6.97. The van der Waals surface area contributed by atoms with Crippen LogP contribution in [-0.4, -0.2) is 53.9 Å². The van der Waals surface area contributed by atoms with Crippen LogP contribution < -0.4 is 16.0 Å². The number of carbonyl (C=O) groups excluding carboxylic acids is 2. The molecule has 11 heteroatoms. The summed E-state index contributed by atoms with van der Waals surface area (Å²) in [6.45, 7) is 4.13. The lowest BCUT2D eigenvalue weighted by Crippen LogP contribution is -2.44. The molecule has 1 fully saturated rings. The van der Waals surface area contributed by atoms with Gasteiger partial charge in [0.25, 0.3) is 5.91 Å². The van der Waals surface area contributed by atoms with Gasteiger partial charge in [-0.1, -0.05) is 0 Å². The molecule has 2 aromatic heterocycles. The fourth-order valence-corrected chi connectivity index (χ4v) is 4.07. The van der Waals surface area contributed by atoms with Gasteiger partial charge in [-0.3, -0.25) is 14.5 Å². The molecule has 2 aromatic rings. The first kappa shape index (κ1) is 22.0. The Bertz CT molecular complexity index is 900. The first-order valence-corrected chi connectivity index (χ1v) is 10.2. The summed E-state index contributed by atoms with van der Waals surface area (Å²) in [5.74, 6) is -0.374. The van der Waals surface area contributed by atoms with Crippen LogP contribution in [0, 0.1) is 0 Å². The third-order valence-corrected chi connectivity index (χ3v) is 5.85. The molecule has 1 unspecified atom stereocenters. The van der Waals surface area contributed by atoms with E-state index in [1.54, 1.807) is 18.4 Å². The van der Waals surface area contributed by atoms with E-state index in [1.165, 1.54) is 17.4 Å². The Morgan fingerprint density at radius 2 is 1.97 bits per heavy atom. The van der Waals surface area contributed by atoms with Crippen LogP contribution in [0.4, 0.5) is 24.0 Å². The predicted octanol–water partition coefficient (Wildman–Crippen LogP) is 2.80. The Hall–Kier alpha value is -2.66. The van der Waals surface area contributed by atoms with Gasteiger partial charge in [0.1, 0.15) is 10.8 Å². The van der Waals surface area contributed by atoms with Gasteiger partial charge >= 0.3 is 6.18 Å². The lowest BCUT2D eigenvalue weighted by Gasteiger charge is -2.27. The van der Waals surface area contributed by atoms with E-state index in [4.69, 9.17) is 5.73 Å². The van der Waals surface area contributed by atoms with Crippen LogP contribution in [0.15, 0.2) is 29.8 Å². The third-order valence-electron chi connectivity index (χ3n) is 5.02. The maximum atomic E-state index is 12.7. The number of rotatable bonds is 5. The van der Waals surface area contributed by atoms with Gasteiger partial charge in [0.15, 0.2) is 0 Å². The molecule has 2 amide bonds. The van der Waals surface area contributed by atoms with E-state index in [9.17, 15) is 22.8 Å². The Morgan fingerprint density at radius 3 is 2.60 bits per heavy atom. The molecular formula is C19H22F3N5O2S. The fraction of sp³-hybridized carbons (Fsp3) is 0.421. The Morgan fingerprint density at radius 1 is 1.20 bits per heavy atom. The summed E-state index contributed by atoms with van der Waals surface area (Å²) >= 11 is 1.23. The molecule has 3 rings (SSSR count). The lowest BCUT2D eigenvalue weighted by molar-refractivity contribution is -0.137. The van der Waals surface area contributed by atoms with Crippen molar-refractivity contribution in [2.75, 3.05) is 36.4 Å². The minimum atomic E-state index is -4.42. The van der Waals surface area contributed by atoms with Crippen molar-refractivity contribution in [3.63, 3.8) is 0 Å². The molecule has 162 valence electrons. The van der Waals surface area contributed by atoms with Crippen molar-refractivity contribution in [1.82, 2.24) is 9.88 Å². The summed E-state index contributed by atoms with van der Waals surface area (Å²) in [6.07, 6.45) is -2.85. The molecule has 0 aliphatic carbocycles. The number of aromatic nitrogens is 1. The number of alkyl halides is 3. The summed E-state index contributed by atoms with van der Waals surface area (Å²) in [4.78, 5) is 31.9. The molecule has 0 bridgehead atoms. The summed E-state index contributed by atoms with van der Waals surface area (Å²) in [5.41, 5.74) is 4.80. The molecule has 1 saturated heterocycles. The molecule has 0 spiro atoms. The molecule has 1 aliphatic rings. The number of anilines is 2. The minimum absolute atomic E-state index is 0.249. The number of primary amides is 1. The molecular weight excluding hydrogens is 419 g/mol. The van der Waals surface area contributed by atoms with Gasteiger partial charge in [0, 0.05) is 32.4 Å². The highest BCUT2D eigenvalue weighted by Gasteiger charge is 2.31. The van der Waals surface area contributed by atoms with E-state index < -0.39 is 23.7 Å². The number of pyridine rings is 1. The number of hydrogen-bond acceptors (Lipinski definition) is 6. The maximum Gasteiger partial charge on any atom is 0.417 e. The van der Waals surface area contributed by atoms with E-state index >= 15 is 0 Å². The van der Waals surface area contributed by atoms with Gasteiger partial charge in [0.05, 0.1) is 17.2 Å². The van der Waals surface area contributed by atoms with Crippen molar-refractivity contribution < 1.29 is 22.8 Å². The van der Waals surface area contributed by atoms with Crippen molar-refractivity contribution in [3.8, 4) is 0 Å². The van der Waals surface area contributed by atoms with Gasteiger partial charge in [0.2, 0.25) is 5.91 Å². The van der Waals surface area contributed by atoms with Gasteiger partial charge in [-0.25, -0.2) is 4.98 Å². The largest absolute Gasteiger partial charge is 0.417 e. The number of halogens is 3. The zero-order valence-corrected chi connectivity index (χ0v) is 17.1. The van der Waals surface area contributed by atoms with E-state index in [2.05, 4.69) is 10.3 Å². The molecule has 0 saturated carbocycles. The number of nitrogens with one attached hydrogen (secondary N) is 1. The SMILES string of the molecule is CC(C(=O)Nc1sccc1C(N)=O)N1CCCN(c2ccc(C(F)(F)F)cn2)CC1. The van der Waals surface area contributed by atoms with E-state index in [-0.39, 0.29) is 11.5 Å². The van der Waals surface area contributed by atoms with Crippen LogP contribution in [0.25, 0.3) is 0 Å². The van der Waals surface area contributed by atoms with Gasteiger partial charge < -0.3 is 16.0 Å². The normalized spacial score (nSPS) is 16.7. The fourth-order valence-electron chi connectivity index (χ4n) is 3.28. The van der Waals surface area contributed by atoms with Crippen molar-refractivity contribution in [3.05, 3.63) is 40.9 Å². The number of nitrogens with zero attached hydrogens (tertiary/aromatic N) is 3. The molecule has 3 heterocycles. The van der Waals surface area contributed by atoms with Crippen LogP contribution in [0.5, 0.6) is 0 Å². The molecule has 0 aromatic carbocycles. The number of thiophene rings is 1. The average molecular weight is 441 g/mol. The molecule has 1 atom stereocenters. The number of amides is 2. The van der Waals surface area contributed by atoms with Crippen LogP contribution in [0.3, 0.4) is 0 Å². The van der Waals surface area contributed by atoms with Gasteiger partial charge in [-0.05, 0) is 36.9 Å². The Labute approximate surface area is 175 Å². The van der Waals surface area contributed by atoms with Crippen molar-refractivity contribution in [2.45, 2.75) is 25.6 Å². The zero-order chi connectivity index (χ0) is 21.9. The van der Waals surface area contributed by atoms with E-state index in [0.29, 0.717) is 37.0 Å². The maximum absolute atomic E-state index is 12.7. The highest BCUT2D eigenvalue weighted by molar-refractivity contribution is 7.14. The first-order valence-electron chi connectivity index (χ1n) is 9.37. The zero-order valence-electron chi connectivity index (χ0n) is 16.3. The quantitative estimate of drug-likeness (QED) is 0.745. The van der Waals surface area contributed by atoms with Crippen molar-refractivity contribution in [2.24, 2.45) is 5.73 Å². The summed E-state index contributed by atoms with van der Waals surface area (Å²) in [5, 5.41) is 4.86. The van der Waals surface area contributed by atoms with Crippen LogP contribution >= 0.6 is 11.3 Å². The number of carbonyl (C=O) groups is 2. The van der Waals surface area contributed by atoms with Crippen LogP contribution in [0.1, 0.15) is 29.3 Å². The molecule has 7 nitrogen and oxygen atoms in total. The number of hydrogen-bond donors (Lipinski definition) is 2. The van der Waals surface area contributed by atoms with Gasteiger partial charge in [-0.15, -0.1) is 11.3 Å².